The molecule has 1 aliphatic heterocycles. The lowest BCUT2D eigenvalue weighted by molar-refractivity contribution is -0.145. The van der Waals surface area contributed by atoms with Crippen LogP contribution >= 0.6 is 23.2 Å². The third kappa shape index (κ3) is 4.58. The van der Waals surface area contributed by atoms with Crippen LogP contribution in [-0.2, 0) is 14.3 Å². The Hall–Kier alpha value is -2.70. The largest absolute Gasteiger partial charge is 0.504 e. The summed E-state index contributed by atoms with van der Waals surface area (Å²) in [4.78, 5) is 24.3. The molecule has 1 atom stereocenters. The third-order valence-corrected chi connectivity index (χ3v) is 4.69. The molecule has 3 rings (SSSR count). The molecule has 28 heavy (non-hydrogen) atoms. The fraction of sp³-hybridized carbons (Fsp3) is 0.200. The van der Waals surface area contributed by atoms with Crippen LogP contribution in [-0.4, -0.2) is 30.2 Å². The van der Waals surface area contributed by atoms with E-state index in [1.165, 1.54) is 6.07 Å². The van der Waals surface area contributed by atoms with E-state index in [0.29, 0.717) is 26.9 Å². The zero-order valence-electron chi connectivity index (χ0n) is 14.9. The molecule has 0 aliphatic carbocycles. The van der Waals surface area contributed by atoms with E-state index < -0.39 is 18.5 Å². The second-order valence-corrected chi connectivity index (χ2v) is 7.03. The van der Waals surface area contributed by atoms with Crippen molar-refractivity contribution in [2.45, 2.75) is 13.0 Å². The van der Waals surface area contributed by atoms with Crippen LogP contribution in [0.3, 0.4) is 0 Å². The van der Waals surface area contributed by atoms with Gasteiger partial charge >= 0.3 is 5.97 Å². The standard InChI is InChI=1S/C20H17Cl2NO5/c1-11(15-6-5-14(21)8-16(15)22)23-18(25)10-28-20(26)13-7-12-3-2-4-17(24)19(12)27-9-13/h2-8,11,24H,9-10H2,1H3,(H,23,25)/t11-/m1/s1. The number of phenolic OH excluding ortho intramolecular Hbond substituents is 1. The zero-order valence-corrected chi connectivity index (χ0v) is 16.4. The van der Waals surface area contributed by atoms with E-state index in [2.05, 4.69) is 5.32 Å². The number of rotatable bonds is 5. The van der Waals surface area contributed by atoms with E-state index in [0.717, 1.165) is 0 Å². The number of aromatic hydroxyl groups is 1. The molecular formula is C20H17Cl2NO5. The SMILES string of the molecule is C[C@@H](NC(=O)COC(=O)C1=Cc2cccc(O)c2OC1)c1ccc(Cl)cc1Cl. The Labute approximate surface area is 171 Å². The van der Waals surface area contributed by atoms with E-state index in [9.17, 15) is 14.7 Å². The second kappa shape index (κ2) is 8.54. The fourth-order valence-electron chi connectivity index (χ4n) is 2.75. The number of ether oxygens (including phenoxy) is 2. The van der Waals surface area contributed by atoms with Gasteiger partial charge in [0.15, 0.2) is 18.1 Å². The Balaban J connectivity index is 1.56. The third-order valence-electron chi connectivity index (χ3n) is 4.13. The van der Waals surface area contributed by atoms with E-state index in [-0.39, 0.29) is 24.0 Å². The van der Waals surface area contributed by atoms with Crippen molar-refractivity contribution >= 4 is 41.2 Å². The molecule has 0 saturated heterocycles. The van der Waals surface area contributed by atoms with Crippen LogP contribution in [0.1, 0.15) is 24.1 Å². The Bertz CT molecular complexity index is 958. The van der Waals surface area contributed by atoms with Gasteiger partial charge in [-0.05, 0) is 36.8 Å². The minimum atomic E-state index is -0.665. The molecule has 0 bridgehead atoms. The topological polar surface area (TPSA) is 84.9 Å². The van der Waals surface area contributed by atoms with Crippen molar-refractivity contribution in [3.63, 3.8) is 0 Å². The van der Waals surface area contributed by atoms with Gasteiger partial charge < -0.3 is 19.9 Å². The molecule has 0 aromatic heterocycles. The van der Waals surface area contributed by atoms with Gasteiger partial charge in [-0.2, -0.15) is 0 Å². The van der Waals surface area contributed by atoms with E-state index in [1.807, 2.05) is 0 Å². The highest BCUT2D eigenvalue weighted by atomic mass is 35.5. The second-order valence-electron chi connectivity index (χ2n) is 6.18. The van der Waals surface area contributed by atoms with Crippen LogP contribution in [0.5, 0.6) is 11.5 Å². The summed E-state index contributed by atoms with van der Waals surface area (Å²) in [6.45, 7) is 1.26. The Kier molecular flexibility index (Phi) is 6.11. The Morgan fingerprint density at radius 1 is 1.29 bits per heavy atom. The van der Waals surface area contributed by atoms with Crippen molar-refractivity contribution < 1.29 is 24.2 Å². The smallest absolute Gasteiger partial charge is 0.338 e. The van der Waals surface area contributed by atoms with Gasteiger partial charge in [-0.3, -0.25) is 4.79 Å². The van der Waals surface area contributed by atoms with Gasteiger partial charge in [0, 0.05) is 15.6 Å². The lowest BCUT2D eigenvalue weighted by atomic mass is 10.1. The molecular weight excluding hydrogens is 405 g/mol. The van der Waals surface area contributed by atoms with Gasteiger partial charge in [0.25, 0.3) is 5.91 Å². The Morgan fingerprint density at radius 2 is 2.07 bits per heavy atom. The molecule has 0 unspecified atom stereocenters. The number of carbonyl (C=O) groups is 2. The molecule has 1 amide bonds. The van der Waals surface area contributed by atoms with Crippen molar-refractivity contribution in [1.29, 1.82) is 0 Å². The summed E-state index contributed by atoms with van der Waals surface area (Å²) >= 11 is 12.0. The van der Waals surface area contributed by atoms with Gasteiger partial charge in [-0.15, -0.1) is 0 Å². The molecule has 146 valence electrons. The number of benzene rings is 2. The maximum Gasteiger partial charge on any atom is 0.338 e. The summed E-state index contributed by atoms with van der Waals surface area (Å²) in [5, 5.41) is 13.4. The van der Waals surface area contributed by atoms with Crippen LogP contribution < -0.4 is 10.1 Å². The number of esters is 1. The normalized spacial score (nSPS) is 13.6. The number of hydrogen-bond acceptors (Lipinski definition) is 5. The molecule has 8 heteroatoms. The molecule has 2 aromatic carbocycles. The van der Waals surface area contributed by atoms with Gasteiger partial charge in [0.1, 0.15) is 6.61 Å². The highest BCUT2D eigenvalue weighted by Gasteiger charge is 2.21. The van der Waals surface area contributed by atoms with Gasteiger partial charge in [0.2, 0.25) is 0 Å². The average molecular weight is 422 g/mol. The lowest BCUT2D eigenvalue weighted by Crippen LogP contribution is -2.32. The van der Waals surface area contributed by atoms with Crippen LogP contribution in [0.4, 0.5) is 0 Å². The monoisotopic (exact) mass is 421 g/mol. The summed E-state index contributed by atoms with van der Waals surface area (Å²) in [6, 6.07) is 9.43. The predicted molar refractivity (Wildman–Crippen MR) is 106 cm³/mol. The molecule has 0 fully saturated rings. The first-order valence-corrected chi connectivity index (χ1v) is 9.17. The van der Waals surface area contributed by atoms with Gasteiger partial charge in [0.05, 0.1) is 11.6 Å². The summed E-state index contributed by atoms with van der Waals surface area (Å²) in [7, 11) is 0. The van der Waals surface area contributed by atoms with Crippen molar-refractivity contribution in [3.05, 3.63) is 63.1 Å². The molecule has 6 nitrogen and oxygen atoms in total. The van der Waals surface area contributed by atoms with Gasteiger partial charge in [-0.1, -0.05) is 41.4 Å². The zero-order chi connectivity index (χ0) is 20.3. The molecule has 1 heterocycles. The number of nitrogens with one attached hydrogen (secondary N) is 1. The van der Waals surface area contributed by atoms with Crippen LogP contribution in [0.25, 0.3) is 6.08 Å². The number of halogens is 2. The Morgan fingerprint density at radius 3 is 2.82 bits per heavy atom. The van der Waals surface area contributed by atoms with Crippen molar-refractivity contribution in [2.75, 3.05) is 13.2 Å². The van der Waals surface area contributed by atoms with E-state index in [4.69, 9.17) is 32.7 Å². The highest BCUT2D eigenvalue weighted by Crippen LogP contribution is 2.34. The van der Waals surface area contributed by atoms with Crippen molar-refractivity contribution in [1.82, 2.24) is 5.32 Å². The number of fused-ring (bicyclic) bond motifs is 1. The number of hydrogen-bond donors (Lipinski definition) is 2. The maximum atomic E-state index is 12.2. The number of carbonyl (C=O) groups excluding carboxylic acids is 2. The van der Waals surface area contributed by atoms with Crippen molar-refractivity contribution in [2.24, 2.45) is 0 Å². The maximum absolute atomic E-state index is 12.2. The molecule has 2 N–H and O–H groups in total. The molecule has 0 spiro atoms. The van der Waals surface area contributed by atoms with E-state index >= 15 is 0 Å². The summed E-state index contributed by atoms with van der Waals surface area (Å²) < 4.78 is 10.5. The molecule has 1 aliphatic rings. The molecule has 2 aromatic rings. The molecule has 0 radical (unpaired) electrons. The fourth-order valence-corrected chi connectivity index (χ4v) is 3.32. The number of amides is 1. The quantitative estimate of drug-likeness (QED) is 0.715. The van der Waals surface area contributed by atoms with Crippen LogP contribution in [0.15, 0.2) is 42.0 Å². The number of phenols is 1. The minimum absolute atomic E-state index is 0.00427. The van der Waals surface area contributed by atoms with Crippen LogP contribution in [0.2, 0.25) is 10.0 Å². The first kappa shape index (κ1) is 20.0. The van der Waals surface area contributed by atoms with Crippen molar-refractivity contribution in [3.8, 4) is 11.5 Å². The molecule has 0 saturated carbocycles. The first-order valence-electron chi connectivity index (χ1n) is 8.42. The first-order chi connectivity index (χ1) is 13.3. The predicted octanol–water partition coefficient (Wildman–Crippen LogP) is 3.90. The highest BCUT2D eigenvalue weighted by molar-refractivity contribution is 6.35. The minimum Gasteiger partial charge on any atom is -0.504 e. The summed E-state index contributed by atoms with van der Waals surface area (Å²) in [5.74, 6) is -0.829. The van der Waals surface area contributed by atoms with Gasteiger partial charge in [-0.25, -0.2) is 4.79 Å². The lowest BCUT2D eigenvalue weighted by Gasteiger charge is -2.18. The van der Waals surface area contributed by atoms with Crippen LogP contribution in [0, 0.1) is 0 Å². The summed E-state index contributed by atoms with van der Waals surface area (Å²) in [6.07, 6.45) is 1.56. The van der Waals surface area contributed by atoms with E-state index in [1.54, 1.807) is 43.3 Å². The average Bonchev–Trinajstić information content (AvgIpc) is 2.66. The number of para-hydroxylation sites is 1. The summed E-state index contributed by atoms with van der Waals surface area (Å²) in [5.41, 5.74) is 1.51.